The van der Waals surface area contributed by atoms with Crippen LogP contribution < -0.4 is 11.1 Å². The van der Waals surface area contributed by atoms with E-state index in [1.165, 1.54) is 11.0 Å². The first-order chi connectivity index (χ1) is 9.79. The van der Waals surface area contributed by atoms with Crippen LogP contribution in [-0.4, -0.2) is 41.0 Å². The van der Waals surface area contributed by atoms with Crippen molar-refractivity contribution >= 4 is 23.6 Å². The average Bonchev–Trinajstić information content (AvgIpc) is 2.35. The van der Waals surface area contributed by atoms with Gasteiger partial charge in [-0.2, -0.15) is 0 Å². The SMILES string of the molecule is CC(C)CN(CC(=O)O)C(=O)c1cccc(NC(N)=O)c1. The number of aliphatic carboxylic acids is 1. The standard InChI is InChI=1S/C14H19N3O4/c1-9(2)7-17(8-12(18)19)13(20)10-4-3-5-11(6-10)16-14(15)21/h3-6,9H,7-8H2,1-2H3,(H,18,19)(H3,15,16,21). The van der Waals surface area contributed by atoms with Crippen LogP contribution in [0, 0.1) is 5.92 Å². The van der Waals surface area contributed by atoms with Gasteiger partial charge in [0, 0.05) is 17.8 Å². The summed E-state index contributed by atoms with van der Waals surface area (Å²) in [7, 11) is 0. The van der Waals surface area contributed by atoms with Gasteiger partial charge in [-0.3, -0.25) is 9.59 Å². The molecule has 0 fully saturated rings. The molecule has 0 saturated heterocycles. The highest BCUT2D eigenvalue weighted by atomic mass is 16.4. The number of hydrogen-bond donors (Lipinski definition) is 3. The van der Waals surface area contributed by atoms with Crippen LogP contribution in [0.5, 0.6) is 0 Å². The maximum Gasteiger partial charge on any atom is 0.323 e. The lowest BCUT2D eigenvalue weighted by molar-refractivity contribution is -0.137. The topological polar surface area (TPSA) is 113 Å². The van der Waals surface area contributed by atoms with E-state index < -0.39 is 17.9 Å². The van der Waals surface area contributed by atoms with Crippen molar-refractivity contribution in [3.05, 3.63) is 29.8 Å². The normalized spacial score (nSPS) is 10.2. The summed E-state index contributed by atoms with van der Waals surface area (Å²) in [6, 6.07) is 5.47. The fourth-order valence-corrected chi connectivity index (χ4v) is 1.88. The van der Waals surface area contributed by atoms with Gasteiger partial charge in [-0.1, -0.05) is 19.9 Å². The van der Waals surface area contributed by atoms with Gasteiger partial charge in [-0.05, 0) is 24.1 Å². The molecule has 114 valence electrons. The molecule has 0 aliphatic rings. The molecule has 4 N–H and O–H groups in total. The minimum Gasteiger partial charge on any atom is -0.480 e. The second-order valence-electron chi connectivity index (χ2n) is 5.04. The Hall–Kier alpha value is -2.57. The summed E-state index contributed by atoms with van der Waals surface area (Å²) >= 11 is 0. The maximum absolute atomic E-state index is 12.4. The molecule has 7 nitrogen and oxygen atoms in total. The van der Waals surface area contributed by atoms with E-state index in [0.717, 1.165) is 0 Å². The summed E-state index contributed by atoms with van der Waals surface area (Å²) in [5.74, 6) is -1.34. The van der Waals surface area contributed by atoms with E-state index in [1.807, 2.05) is 13.8 Å². The lowest BCUT2D eigenvalue weighted by Crippen LogP contribution is -2.38. The molecule has 0 bridgehead atoms. The van der Waals surface area contributed by atoms with Crippen molar-refractivity contribution in [1.82, 2.24) is 4.90 Å². The van der Waals surface area contributed by atoms with Crippen LogP contribution in [0.1, 0.15) is 24.2 Å². The minimum absolute atomic E-state index is 0.139. The summed E-state index contributed by atoms with van der Waals surface area (Å²) in [5.41, 5.74) is 5.70. The van der Waals surface area contributed by atoms with Gasteiger partial charge in [0.2, 0.25) is 0 Å². The van der Waals surface area contributed by atoms with Crippen molar-refractivity contribution in [3.63, 3.8) is 0 Å². The second kappa shape index (κ2) is 7.28. The number of hydrogen-bond acceptors (Lipinski definition) is 3. The number of nitrogens with two attached hydrogens (primary N) is 1. The average molecular weight is 293 g/mol. The molecule has 0 aliphatic carbocycles. The smallest absolute Gasteiger partial charge is 0.323 e. The monoisotopic (exact) mass is 293 g/mol. The summed E-state index contributed by atoms with van der Waals surface area (Å²) in [5, 5.41) is 11.3. The predicted octanol–water partition coefficient (Wildman–Crippen LogP) is 1.36. The van der Waals surface area contributed by atoms with E-state index in [4.69, 9.17) is 10.8 Å². The summed E-state index contributed by atoms with van der Waals surface area (Å²) < 4.78 is 0. The highest BCUT2D eigenvalue weighted by Crippen LogP contribution is 2.13. The first-order valence-corrected chi connectivity index (χ1v) is 6.47. The number of benzene rings is 1. The fourth-order valence-electron chi connectivity index (χ4n) is 1.88. The Morgan fingerprint density at radius 3 is 2.52 bits per heavy atom. The van der Waals surface area contributed by atoms with Crippen LogP contribution in [0.15, 0.2) is 24.3 Å². The molecule has 0 atom stereocenters. The Bertz CT molecular complexity index is 543. The Balaban J connectivity index is 2.96. The number of nitrogens with zero attached hydrogens (tertiary/aromatic N) is 1. The number of amides is 3. The van der Waals surface area contributed by atoms with Crippen molar-refractivity contribution in [2.24, 2.45) is 11.7 Å². The quantitative estimate of drug-likeness (QED) is 0.735. The molecule has 0 spiro atoms. The van der Waals surface area contributed by atoms with Crippen molar-refractivity contribution in [3.8, 4) is 0 Å². The molecule has 7 heteroatoms. The van der Waals surface area contributed by atoms with Crippen LogP contribution in [-0.2, 0) is 4.79 Å². The number of urea groups is 1. The van der Waals surface area contributed by atoms with E-state index >= 15 is 0 Å². The highest BCUT2D eigenvalue weighted by Gasteiger charge is 2.19. The van der Waals surface area contributed by atoms with Gasteiger partial charge >= 0.3 is 12.0 Å². The second-order valence-corrected chi connectivity index (χ2v) is 5.04. The first kappa shape index (κ1) is 16.5. The largest absolute Gasteiger partial charge is 0.480 e. The Kier molecular flexibility index (Phi) is 5.71. The molecule has 0 aliphatic heterocycles. The van der Waals surface area contributed by atoms with Gasteiger partial charge in [0.25, 0.3) is 5.91 Å². The number of carboxylic acids is 1. The number of carbonyl (C=O) groups is 3. The zero-order valence-electron chi connectivity index (χ0n) is 12.0. The van der Waals surface area contributed by atoms with Gasteiger partial charge in [0.15, 0.2) is 0 Å². The van der Waals surface area contributed by atoms with Crippen molar-refractivity contribution < 1.29 is 19.5 Å². The molecule has 3 amide bonds. The number of anilines is 1. The van der Waals surface area contributed by atoms with E-state index in [2.05, 4.69) is 5.32 Å². The van der Waals surface area contributed by atoms with Crippen molar-refractivity contribution in [1.29, 1.82) is 0 Å². The van der Waals surface area contributed by atoms with Crippen molar-refractivity contribution in [2.75, 3.05) is 18.4 Å². The fraction of sp³-hybridized carbons (Fsp3) is 0.357. The Morgan fingerprint density at radius 2 is 2.00 bits per heavy atom. The van der Waals surface area contributed by atoms with Crippen LogP contribution in [0.25, 0.3) is 0 Å². The van der Waals surface area contributed by atoms with E-state index in [1.54, 1.807) is 18.2 Å². The molecule has 0 saturated carbocycles. The van der Waals surface area contributed by atoms with Crippen LogP contribution in [0.4, 0.5) is 10.5 Å². The molecule has 0 heterocycles. The summed E-state index contributed by atoms with van der Waals surface area (Å²) in [6.45, 7) is 3.75. The van der Waals surface area contributed by atoms with Crippen LogP contribution in [0.2, 0.25) is 0 Å². The number of nitrogens with one attached hydrogen (secondary N) is 1. The molecule has 1 aromatic rings. The van der Waals surface area contributed by atoms with E-state index in [0.29, 0.717) is 17.8 Å². The minimum atomic E-state index is -1.07. The molecule has 1 aromatic carbocycles. The van der Waals surface area contributed by atoms with Crippen molar-refractivity contribution in [2.45, 2.75) is 13.8 Å². The number of carbonyl (C=O) groups excluding carboxylic acids is 2. The molecule has 1 rings (SSSR count). The van der Waals surface area contributed by atoms with E-state index in [-0.39, 0.29) is 12.5 Å². The third-order valence-corrected chi connectivity index (χ3v) is 2.58. The van der Waals surface area contributed by atoms with Gasteiger partial charge in [0.1, 0.15) is 6.54 Å². The number of primary amides is 1. The molecule has 0 radical (unpaired) electrons. The van der Waals surface area contributed by atoms with Crippen LogP contribution >= 0.6 is 0 Å². The molecular formula is C14H19N3O4. The predicted molar refractivity (Wildman–Crippen MR) is 78.0 cm³/mol. The highest BCUT2D eigenvalue weighted by molar-refractivity contribution is 5.97. The zero-order valence-corrected chi connectivity index (χ0v) is 12.0. The maximum atomic E-state index is 12.4. The zero-order chi connectivity index (χ0) is 16.0. The van der Waals surface area contributed by atoms with Crippen LogP contribution in [0.3, 0.4) is 0 Å². The summed E-state index contributed by atoms with van der Waals surface area (Å²) in [6.07, 6.45) is 0. The van der Waals surface area contributed by atoms with Gasteiger partial charge in [-0.25, -0.2) is 4.79 Å². The summed E-state index contributed by atoms with van der Waals surface area (Å²) in [4.78, 5) is 35.3. The lowest BCUT2D eigenvalue weighted by Gasteiger charge is -2.23. The van der Waals surface area contributed by atoms with Gasteiger partial charge in [0.05, 0.1) is 0 Å². The number of carboxylic acid groups (broad SMARTS) is 1. The van der Waals surface area contributed by atoms with Gasteiger partial charge < -0.3 is 21.1 Å². The Labute approximate surface area is 122 Å². The lowest BCUT2D eigenvalue weighted by atomic mass is 10.1. The first-order valence-electron chi connectivity index (χ1n) is 6.47. The number of rotatable bonds is 6. The molecule has 0 aromatic heterocycles. The molecular weight excluding hydrogens is 274 g/mol. The van der Waals surface area contributed by atoms with Gasteiger partial charge in [-0.15, -0.1) is 0 Å². The third kappa shape index (κ3) is 5.52. The van der Waals surface area contributed by atoms with E-state index in [9.17, 15) is 14.4 Å². The third-order valence-electron chi connectivity index (χ3n) is 2.58. The Morgan fingerprint density at radius 1 is 1.33 bits per heavy atom. The molecule has 0 unspecified atom stereocenters. The molecule has 21 heavy (non-hydrogen) atoms.